The second kappa shape index (κ2) is 8.31. The second-order valence-corrected chi connectivity index (χ2v) is 6.12. The number of nitro groups is 1. The summed E-state index contributed by atoms with van der Waals surface area (Å²) in [6.07, 6.45) is -1.25. The van der Waals surface area contributed by atoms with Crippen LogP contribution in [-0.4, -0.2) is 27.9 Å². The van der Waals surface area contributed by atoms with Gasteiger partial charge in [0.1, 0.15) is 5.15 Å². The van der Waals surface area contributed by atoms with Crippen molar-refractivity contribution >= 4 is 58.1 Å². The van der Waals surface area contributed by atoms with Crippen LogP contribution in [0.3, 0.4) is 0 Å². The maximum absolute atomic E-state index is 12.2. The number of aromatic nitrogens is 1. The zero-order chi connectivity index (χ0) is 19.4. The number of nitrogens with one attached hydrogen (secondary N) is 1. The van der Waals surface area contributed by atoms with Gasteiger partial charge in [-0.25, -0.2) is 9.78 Å². The molecule has 2 rings (SSSR count). The van der Waals surface area contributed by atoms with E-state index >= 15 is 0 Å². The van der Waals surface area contributed by atoms with E-state index in [0.717, 1.165) is 6.07 Å². The minimum absolute atomic E-state index is 0.00711. The molecule has 0 radical (unpaired) electrons. The van der Waals surface area contributed by atoms with Crippen molar-refractivity contribution in [2.24, 2.45) is 0 Å². The molecule has 26 heavy (non-hydrogen) atoms. The number of hydrogen-bond donors (Lipinski definition) is 1. The number of carbonyl (C=O) groups is 2. The number of rotatable bonds is 5. The summed E-state index contributed by atoms with van der Waals surface area (Å²) in [6, 6.07) is 6.29. The molecule has 0 bridgehead atoms. The summed E-state index contributed by atoms with van der Waals surface area (Å²) in [7, 11) is 0. The fourth-order valence-corrected chi connectivity index (χ4v) is 2.28. The third-order valence-corrected chi connectivity index (χ3v) is 3.92. The van der Waals surface area contributed by atoms with E-state index in [-0.39, 0.29) is 32.3 Å². The predicted octanol–water partition coefficient (Wildman–Crippen LogP) is 4.13. The lowest BCUT2D eigenvalue weighted by Gasteiger charge is -2.14. The molecule has 1 heterocycles. The molecule has 1 unspecified atom stereocenters. The molecule has 8 nitrogen and oxygen atoms in total. The van der Waals surface area contributed by atoms with Gasteiger partial charge in [0.15, 0.2) is 11.8 Å². The summed E-state index contributed by atoms with van der Waals surface area (Å²) in [4.78, 5) is 38.1. The van der Waals surface area contributed by atoms with Gasteiger partial charge in [0.2, 0.25) is 0 Å². The fraction of sp³-hybridized carbons (Fsp3) is 0.133. The van der Waals surface area contributed by atoms with Crippen LogP contribution in [0.2, 0.25) is 15.2 Å². The Kier molecular flexibility index (Phi) is 6.36. The van der Waals surface area contributed by atoms with Gasteiger partial charge < -0.3 is 10.1 Å². The van der Waals surface area contributed by atoms with Crippen molar-refractivity contribution in [3.05, 3.63) is 61.3 Å². The van der Waals surface area contributed by atoms with Crippen molar-refractivity contribution in [3.63, 3.8) is 0 Å². The van der Waals surface area contributed by atoms with Crippen molar-refractivity contribution < 1.29 is 19.2 Å². The van der Waals surface area contributed by atoms with Crippen LogP contribution in [0.25, 0.3) is 0 Å². The highest BCUT2D eigenvalue weighted by atomic mass is 35.5. The van der Waals surface area contributed by atoms with Crippen LogP contribution in [-0.2, 0) is 9.53 Å². The first-order valence-corrected chi connectivity index (χ1v) is 8.10. The lowest BCUT2D eigenvalue weighted by molar-refractivity contribution is -0.384. The van der Waals surface area contributed by atoms with Crippen LogP contribution >= 0.6 is 34.8 Å². The molecule has 1 amide bonds. The average molecular weight is 419 g/mol. The second-order valence-electron chi connectivity index (χ2n) is 4.92. The number of carbonyl (C=O) groups excluding carboxylic acids is 2. The Morgan fingerprint density at radius 1 is 1.19 bits per heavy atom. The zero-order valence-electron chi connectivity index (χ0n) is 13.0. The summed E-state index contributed by atoms with van der Waals surface area (Å²) in [5.74, 6) is -1.70. The van der Waals surface area contributed by atoms with Crippen molar-refractivity contribution in [2.75, 3.05) is 5.32 Å². The van der Waals surface area contributed by atoms with E-state index < -0.39 is 22.9 Å². The van der Waals surface area contributed by atoms with Crippen LogP contribution < -0.4 is 5.32 Å². The topological polar surface area (TPSA) is 111 Å². The number of halogens is 3. The van der Waals surface area contributed by atoms with Gasteiger partial charge in [0.05, 0.1) is 20.7 Å². The summed E-state index contributed by atoms with van der Waals surface area (Å²) >= 11 is 17.4. The number of benzene rings is 1. The number of anilines is 1. The fourth-order valence-electron chi connectivity index (χ4n) is 1.79. The van der Waals surface area contributed by atoms with Gasteiger partial charge in [-0.3, -0.25) is 14.9 Å². The number of ether oxygens (including phenoxy) is 1. The predicted molar refractivity (Wildman–Crippen MR) is 95.9 cm³/mol. The van der Waals surface area contributed by atoms with E-state index in [1.165, 1.54) is 31.2 Å². The minimum atomic E-state index is -1.25. The Hall–Kier alpha value is -2.42. The number of esters is 1. The molecule has 1 aromatic carbocycles. The number of nitrogens with zero attached hydrogens (tertiary/aromatic N) is 2. The van der Waals surface area contributed by atoms with Crippen LogP contribution in [0.15, 0.2) is 30.3 Å². The molecule has 2 aromatic rings. The molecule has 1 aromatic heterocycles. The van der Waals surface area contributed by atoms with Crippen molar-refractivity contribution in [2.45, 2.75) is 13.0 Å². The average Bonchev–Trinajstić information content (AvgIpc) is 2.58. The van der Waals surface area contributed by atoms with Gasteiger partial charge in [-0.2, -0.15) is 0 Å². The summed E-state index contributed by atoms with van der Waals surface area (Å²) in [5.41, 5.74) is -0.496. The molecule has 1 atom stereocenters. The zero-order valence-corrected chi connectivity index (χ0v) is 15.3. The molecule has 1 N–H and O–H groups in total. The highest BCUT2D eigenvalue weighted by molar-refractivity contribution is 6.34. The van der Waals surface area contributed by atoms with E-state index in [1.807, 2.05) is 0 Å². The van der Waals surface area contributed by atoms with Crippen molar-refractivity contribution in [3.8, 4) is 0 Å². The molecule has 0 spiro atoms. The molecule has 136 valence electrons. The minimum Gasteiger partial charge on any atom is -0.448 e. The first-order chi connectivity index (χ1) is 12.2. The van der Waals surface area contributed by atoms with E-state index in [0.29, 0.717) is 0 Å². The van der Waals surface area contributed by atoms with Gasteiger partial charge in [0, 0.05) is 12.1 Å². The summed E-state index contributed by atoms with van der Waals surface area (Å²) < 4.78 is 4.99. The van der Waals surface area contributed by atoms with Gasteiger partial charge in [0.25, 0.3) is 11.6 Å². The maximum atomic E-state index is 12.2. The summed E-state index contributed by atoms with van der Waals surface area (Å²) in [6.45, 7) is 1.30. The molecule has 0 saturated carbocycles. The van der Waals surface area contributed by atoms with E-state index in [4.69, 9.17) is 39.5 Å². The first-order valence-electron chi connectivity index (χ1n) is 6.97. The Labute approximate surface area is 162 Å². The maximum Gasteiger partial charge on any atom is 0.359 e. The van der Waals surface area contributed by atoms with Crippen LogP contribution in [0.4, 0.5) is 11.4 Å². The normalized spacial score (nSPS) is 11.5. The molecule has 0 fully saturated rings. The van der Waals surface area contributed by atoms with E-state index in [1.54, 1.807) is 0 Å². The number of amides is 1. The smallest absolute Gasteiger partial charge is 0.359 e. The highest BCUT2D eigenvalue weighted by Gasteiger charge is 2.23. The monoisotopic (exact) mass is 417 g/mol. The number of non-ortho nitro benzene ring substituents is 1. The molecule has 0 aliphatic carbocycles. The van der Waals surface area contributed by atoms with Crippen LogP contribution in [0, 0.1) is 10.1 Å². The van der Waals surface area contributed by atoms with Crippen LogP contribution in [0.1, 0.15) is 17.4 Å². The van der Waals surface area contributed by atoms with E-state index in [2.05, 4.69) is 10.3 Å². The highest BCUT2D eigenvalue weighted by Crippen LogP contribution is 2.27. The Morgan fingerprint density at radius 3 is 2.50 bits per heavy atom. The standard InChI is InChI=1S/C15H10Cl3N3O5/c1-7(26-15(23)13-10(17)4-5-12(18)20-13)14(22)19-11-6-8(21(24)25)2-3-9(11)16/h2-7H,1H3,(H,19,22). The quantitative estimate of drug-likeness (QED) is 0.338. The van der Waals surface area contributed by atoms with E-state index in [9.17, 15) is 19.7 Å². The Morgan fingerprint density at radius 2 is 1.85 bits per heavy atom. The Bertz CT molecular complexity index is 891. The molecule has 11 heteroatoms. The first kappa shape index (κ1) is 19.9. The van der Waals surface area contributed by atoms with Crippen LogP contribution in [0.5, 0.6) is 0 Å². The molecular weight excluding hydrogens is 409 g/mol. The van der Waals surface area contributed by atoms with Crippen molar-refractivity contribution in [1.82, 2.24) is 4.98 Å². The molecule has 0 aliphatic heterocycles. The van der Waals surface area contributed by atoms with Gasteiger partial charge >= 0.3 is 5.97 Å². The molecular formula is C15H10Cl3N3O5. The Balaban J connectivity index is 2.10. The van der Waals surface area contributed by atoms with Gasteiger partial charge in [-0.1, -0.05) is 34.8 Å². The third-order valence-electron chi connectivity index (χ3n) is 3.08. The number of hydrogen-bond acceptors (Lipinski definition) is 6. The largest absolute Gasteiger partial charge is 0.448 e. The molecule has 0 aliphatic rings. The van der Waals surface area contributed by atoms with Crippen molar-refractivity contribution in [1.29, 1.82) is 0 Å². The summed E-state index contributed by atoms with van der Waals surface area (Å²) in [5, 5.41) is 13.3. The van der Waals surface area contributed by atoms with Gasteiger partial charge in [-0.15, -0.1) is 0 Å². The lowest BCUT2D eigenvalue weighted by atomic mass is 10.2. The SMILES string of the molecule is CC(OC(=O)c1nc(Cl)ccc1Cl)C(=O)Nc1cc([N+](=O)[O-])ccc1Cl. The molecule has 0 saturated heterocycles. The third kappa shape index (κ3) is 4.81. The number of nitro benzene ring substituents is 1. The van der Waals surface area contributed by atoms with Gasteiger partial charge in [-0.05, 0) is 25.1 Å². The lowest BCUT2D eigenvalue weighted by Crippen LogP contribution is -2.30. The number of pyridine rings is 1.